The van der Waals surface area contributed by atoms with Gasteiger partial charge < -0.3 is 24.3 Å². The minimum absolute atomic E-state index is 0.0160. The normalized spacial score (nSPS) is 18.9. The molecule has 3 atom stereocenters. The van der Waals surface area contributed by atoms with Gasteiger partial charge in [-0.05, 0) is 61.9 Å². The number of esters is 1. The molecule has 224 valence electrons. The van der Waals surface area contributed by atoms with Gasteiger partial charge in [-0.2, -0.15) is 0 Å². The number of para-hydroxylation sites is 1. The Kier molecular flexibility index (Phi) is 9.19. The molecular formula is C36H39NO6. The Labute approximate surface area is 253 Å². The minimum Gasteiger partial charge on any atom is -0.493 e. The summed E-state index contributed by atoms with van der Waals surface area (Å²) in [6.45, 7) is 6.09. The number of Topliss-reactive ketones (excluding diaryl/α,β-unsaturated/α-hetero) is 1. The molecule has 0 bridgehead atoms. The number of ether oxygens (including phenoxy) is 4. The summed E-state index contributed by atoms with van der Waals surface area (Å²) in [6, 6.07) is 23.4. The molecule has 1 aliphatic heterocycles. The number of hydrogen-bond donors (Lipinski definition) is 1. The molecule has 0 saturated carbocycles. The van der Waals surface area contributed by atoms with E-state index in [0.29, 0.717) is 60.0 Å². The summed E-state index contributed by atoms with van der Waals surface area (Å²) in [5, 5.41) is 3.44. The number of hydrogen-bond acceptors (Lipinski definition) is 7. The van der Waals surface area contributed by atoms with E-state index in [1.165, 1.54) is 0 Å². The summed E-state index contributed by atoms with van der Waals surface area (Å²) in [5.74, 6) is 0.753. The summed E-state index contributed by atoms with van der Waals surface area (Å²) in [7, 11) is 3.21. The van der Waals surface area contributed by atoms with Gasteiger partial charge in [0.2, 0.25) is 0 Å². The van der Waals surface area contributed by atoms with Crippen LogP contribution < -0.4 is 19.5 Å². The second-order valence-corrected chi connectivity index (χ2v) is 11.1. The average Bonchev–Trinajstić information content (AvgIpc) is 3.03. The van der Waals surface area contributed by atoms with Gasteiger partial charge in [0, 0.05) is 29.0 Å². The first-order chi connectivity index (χ1) is 20.8. The summed E-state index contributed by atoms with van der Waals surface area (Å²) < 4.78 is 23.1. The molecule has 5 rings (SSSR count). The van der Waals surface area contributed by atoms with E-state index >= 15 is 0 Å². The minimum atomic E-state index is -0.626. The van der Waals surface area contributed by atoms with Crippen LogP contribution in [0.5, 0.6) is 17.2 Å². The van der Waals surface area contributed by atoms with Crippen molar-refractivity contribution in [3.05, 3.63) is 112 Å². The van der Waals surface area contributed by atoms with Gasteiger partial charge in [-0.3, -0.25) is 4.79 Å². The molecule has 2 aliphatic rings. The van der Waals surface area contributed by atoms with E-state index in [2.05, 4.69) is 5.32 Å². The van der Waals surface area contributed by atoms with E-state index in [4.69, 9.17) is 18.9 Å². The lowest BCUT2D eigenvalue weighted by Gasteiger charge is -2.37. The SMILES string of the molecule is CC[C@@H](C)OC(=O)C1=C(C)NC2=C(C(=O)C[C@H](c3ccc(OC)c(OC)c3)C2)[C@H]1c1ccccc1OCc1ccccc1. The molecule has 0 radical (unpaired) electrons. The Balaban J connectivity index is 1.56. The number of dihydropyridines is 1. The number of rotatable bonds is 10. The van der Waals surface area contributed by atoms with Crippen LogP contribution in [0.15, 0.2) is 95.3 Å². The van der Waals surface area contributed by atoms with Crippen LogP contribution in [0.3, 0.4) is 0 Å². The van der Waals surface area contributed by atoms with E-state index < -0.39 is 11.9 Å². The first-order valence-electron chi connectivity index (χ1n) is 14.8. The van der Waals surface area contributed by atoms with Crippen molar-refractivity contribution >= 4 is 11.8 Å². The van der Waals surface area contributed by atoms with Crippen LogP contribution in [0.1, 0.15) is 68.6 Å². The van der Waals surface area contributed by atoms with Crippen LogP contribution in [-0.4, -0.2) is 32.1 Å². The number of allylic oxidation sites excluding steroid dienone is 3. The summed E-state index contributed by atoms with van der Waals surface area (Å²) in [4.78, 5) is 27.9. The van der Waals surface area contributed by atoms with Gasteiger partial charge in [0.15, 0.2) is 17.3 Å². The fraction of sp³-hybridized carbons (Fsp3) is 0.333. The number of benzene rings is 3. The lowest BCUT2D eigenvalue weighted by Crippen LogP contribution is -2.36. The molecule has 0 unspecified atom stereocenters. The summed E-state index contributed by atoms with van der Waals surface area (Å²) in [6.07, 6.45) is 1.33. The quantitative estimate of drug-likeness (QED) is 0.259. The van der Waals surface area contributed by atoms with E-state index in [1.54, 1.807) is 14.2 Å². The molecule has 1 N–H and O–H groups in total. The van der Waals surface area contributed by atoms with Gasteiger partial charge in [-0.1, -0.05) is 61.5 Å². The molecular weight excluding hydrogens is 542 g/mol. The van der Waals surface area contributed by atoms with Gasteiger partial charge in [0.1, 0.15) is 12.4 Å². The third kappa shape index (κ3) is 6.31. The predicted molar refractivity (Wildman–Crippen MR) is 165 cm³/mol. The van der Waals surface area contributed by atoms with Crippen molar-refractivity contribution in [2.75, 3.05) is 14.2 Å². The number of carbonyl (C=O) groups excluding carboxylic acids is 2. The highest BCUT2D eigenvalue weighted by Gasteiger charge is 2.42. The lowest BCUT2D eigenvalue weighted by atomic mass is 9.71. The van der Waals surface area contributed by atoms with Crippen molar-refractivity contribution in [2.45, 2.75) is 64.6 Å². The number of methoxy groups -OCH3 is 2. The molecule has 3 aromatic carbocycles. The monoisotopic (exact) mass is 581 g/mol. The molecule has 0 spiro atoms. The second-order valence-electron chi connectivity index (χ2n) is 11.1. The topological polar surface area (TPSA) is 83.1 Å². The van der Waals surface area contributed by atoms with Gasteiger partial charge in [-0.15, -0.1) is 0 Å². The van der Waals surface area contributed by atoms with Crippen LogP contribution in [0.2, 0.25) is 0 Å². The van der Waals surface area contributed by atoms with Gasteiger partial charge >= 0.3 is 5.97 Å². The van der Waals surface area contributed by atoms with E-state index in [-0.39, 0.29) is 17.8 Å². The zero-order valence-electron chi connectivity index (χ0n) is 25.4. The second kappa shape index (κ2) is 13.2. The Morgan fingerprint density at radius 2 is 1.65 bits per heavy atom. The lowest BCUT2D eigenvalue weighted by molar-refractivity contribution is -0.144. The molecule has 0 saturated heterocycles. The number of nitrogens with one attached hydrogen (secondary N) is 1. The van der Waals surface area contributed by atoms with Crippen molar-refractivity contribution in [3.8, 4) is 17.2 Å². The largest absolute Gasteiger partial charge is 0.493 e. The number of ketones is 1. The number of carbonyl (C=O) groups is 2. The molecule has 0 fully saturated rings. The van der Waals surface area contributed by atoms with Crippen LogP contribution >= 0.6 is 0 Å². The summed E-state index contributed by atoms with van der Waals surface area (Å²) in [5.41, 5.74) is 5.30. The highest BCUT2D eigenvalue weighted by atomic mass is 16.5. The van der Waals surface area contributed by atoms with E-state index in [9.17, 15) is 9.59 Å². The third-order valence-corrected chi connectivity index (χ3v) is 8.28. The first-order valence-corrected chi connectivity index (χ1v) is 14.8. The maximum Gasteiger partial charge on any atom is 0.337 e. The fourth-order valence-electron chi connectivity index (χ4n) is 5.88. The average molecular weight is 582 g/mol. The molecule has 7 heteroatoms. The molecule has 0 amide bonds. The van der Waals surface area contributed by atoms with Crippen LogP contribution in [0, 0.1) is 0 Å². The zero-order valence-corrected chi connectivity index (χ0v) is 25.4. The Bertz CT molecular complexity index is 1560. The Morgan fingerprint density at radius 1 is 0.930 bits per heavy atom. The molecule has 0 aromatic heterocycles. The third-order valence-electron chi connectivity index (χ3n) is 8.28. The van der Waals surface area contributed by atoms with E-state index in [0.717, 1.165) is 22.4 Å². The van der Waals surface area contributed by atoms with Crippen molar-refractivity contribution in [1.29, 1.82) is 0 Å². The smallest absolute Gasteiger partial charge is 0.337 e. The van der Waals surface area contributed by atoms with Crippen LogP contribution in [0.4, 0.5) is 0 Å². The standard InChI is InChI=1S/C36H39NO6/c1-6-22(2)43-36(39)33-23(3)37-28-18-26(25-16-17-31(40-4)32(20-25)41-5)19-29(38)35(28)34(33)27-14-10-11-15-30(27)42-21-24-12-8-7-9-13-24/h7-17,20,22,26,34,37H,6,18-19,21H2,1-5H3/t22-,26-,34+/m1/s1. The Morgan fingerprint density at radius 3 is 2.37 bits per heavy atom. The molecule has 1 aliphatic carbocycles. The Hall–Kier alpha value is -4.52. The molecule has 1 heterocycles. The molecule has 7 nitrogen and oxygen atoms in total. The molecule has 3 aromatic rings. The predicted octanol–water partition coefficient (Wildman–Crippen LogP) is 6.99. The van der Waals surface area contributed by atoms with Gasteiger partial charge in [-0.25, -0.2) is 4.79 Å². The van der Waals surface area contributed by atoms with Crippen LogP contribution in [-0.2, 0) is 20.9 Å². The van der Waals surface area contributed by atoms with Crippen molar-refractivity contribution in [2.24, 2.45) is 0 Å². The highest BCUT2D eigenvalue weighted by Crippen LogP contribution is 2.48. The maximum atomic E-state index is 14.1. The van der Waals surface area contributed by atoms with Gasteiger partial charge in [0.25, 0.3) is 0 Å². The molecule has 43 heavy (non-hydrogen) atoms. The maximum absolute atomic E-state index is 14.1. The van der Waals surface area contributed by atoms with Crippen molar-refractivity contribution < 1.29 is 28.5 Å². The van der Waals surface area contributed by atoms with Gasteiger partial charge in [0.05, 0.1) is 31.8 Å². The first kappa shape index (κ1) is 30.0. The van der Waals surface area contributed by atoms with Crippen molar-refractivity contribution in [3.63, 3.8) is 0 Å². The van der Waals surface area contributed by atoms with Crippen LogP contribution in [0.25, 0.3) is 0 Å². The fourth-order valence-corrected chi connectivity index (χ4v) is 5.88. The van der Waals surface area contributed by atoms with E-state index in [1.807, 2.05) is 93.6 Å². The zero-order chi connectivity index (χ0) is 30.5. The highest BCUT2D eigenvalue weighted by molar-refractivity contribution is 6.04. The summed E-state index contributed by atoms with van der Waals surface area (Å²) >= 11 is 0. The van der Waals surface area contributed by atoms with Crippen molar-refractivity contribution in [1.82, 2.24) is 5.32 Å².